The molecule has 0 radical (unpaired) electrons. The second kappa shape index (κ2) is 21.6. The number of hydrogen-bond acceptors (Lipinski definition) is 9. The van der Waals surface area contributed by atoms with Gasteiger partial charge in [0.2, 0.25) is 5.91 Å². The van der Waals surface area contributed by atoms with E-state index in [0.717, 1.165) is 35.3 Å². The maximum Gasteiger partial charge on any atom is 0.407 e. The Balaban J connectivity index is 1.08. The van der Waals surface area contributed by atoms with Crippen LogP contribution in [0.2, 0.25) is 0 Å². The van der Waals surface area contributed by atoms with Gasteiger partial charge in [-0.25, -0.2) is 4.79 Å². The van der Waals surface area contributed by atoms with Crippen molar-refractivity contribution < 1.29 is 42.7 Å². The first-order chi connectivity index (χ1) is 21.2. The topological polar surface area (TPSA) is 123 Å². The first kappa shape index (κ1) is 34.4. The zero-order valence-corrected chi connectivity index (χ0v) is 25.2. The number of hydrogen-bond donors (Lipinski definition) is 2. The molecule has 2 N–H and O–H groups in total. The van der Waals surface area contributed by atoms with Crippen molar-refractivity contribution in [2.75, 3.05) is 99.0 Å². The fourth-order valence-electron chi connectivity index (χ4n) is 4.47. The average Bonchev–Trinajstić information content (AvgIpc) is 3.35. The van der Waals surface area contributed by atoms with E-state index in [9.17, 15) is 9.59 Å². The standard InChI is InChI=1S/C32H46N2O9/c1-2-12-37-14-16-39-18-20-41-22-23-42-21-19-40-17-15-38-13-11-33-31(35)24-34-32(36)43-25-30-28-9-5-3-7-26(28)27-8-4-6-10-29(27)30/h3-10,30H,2,11-25H2,1H3,(H,33,35)(H,34,36). The highest BCUT2D eigenvalue weighted by Gasteiger charge is 2.29. The van der Waals surface area contributed by atoms with Crippen LogP contribution in [0, 0.1) is 0 Å². The molecule has 11 nitrogen and oxygen atoms in total. The lowest BCUT2D eigenvalue weighted by Gasteiger charge is -2.14. The summed E-state index contributed by atoms with van der Waals surface area (Å²) in [5.74, 6) is -0.351. The second-order valence-corrected chi connectivity index (χ2v) is 9.70. The van der Waals surface area contributed by atoms with Gasteiger partial charge >= 0.3 is 6.09 Å². The van der Waals surface area contributed by atoms with Crippen LogP contribution in [0.3, 0.4) is 0 Å². The highest BCUT2D eigenvalue weighted by atomic mass is 16.6. The lowest BCUT2D eigenvalue weighted by atomic mass is 9.98. The number of benzene rings is 2. The summed E-state index contributed by atoms with van der Waals surface area (Å²) in [4.78, 5) is 24.2. The number of nitrogens with one attached hydrogen (secondary N) is 2. The SMILES string of the molecule is CCCOCCOCCOCCOCCOCCOCCNC(=O)CNC(=O)OCC1c2ccccc2-c2ccccc21. The highest BCUT2D eigenvalue weighted by Crippen LogP contribution is 2.44. The predicted octanol–water partition coefficient (Wildman–Crippen LogP) is 3.15. The molecule has 0 saturated heterocycles. The van der Waals surface area contributed by atoms with Crippen LogP contribution in [0.1, 0.15) is 30.4 Å². The molecule has 0 aromatic heterocycles. The number of fused-ring (bicyclic) bond motifs is 3. The number of carbonyl (C=O) groups is 2. The van der Waals surface area contributed by atoms with Crippen molar-refractivity contribution in [2.24, 2.45) is 0 Å². The largest absolute Gasteiger partial charge is 0.449 e. The van der Waals surface area contributed by atoms with Crippen LogP contribution < -0.4 is 10.6 Å². The maximum atomic E-state index is 12.2. The fourth-order valence-corrected chi connectivity index (χ4v) is 4.47. The van der Waals surface area contributed by atoms with Gasteiger partial charge in [0.05, 0.1) is 79.2 Å². The minimum Gasteiger partial charge on any atom is -0.449 e. The number of ether oxygens (including phenoxy) is 7. The van der Waals surface area contributed by atoms with Crippen molar-refractivity contribution in [1.82, 2.24) is 10.6 Å². The molecule has 1 aliphatic rings. The Morgan fingerprint density at radius 1 is 0.605 bits per heavy atom. The zero-order chi connectivity index (χ0) is 30.4. The smallest absolute Gasteiger partial charge is 0.407 e. The van der Waals surface area contributed by atoms with Gasteiger partial charge in [-0.05, 0) is 28.7 Å². The van der Waals surface area contributed by atoms with Gasteiger partial charge in [-0.15, -0.1) is 0 Å². The molecule has 2 amide bonds. The number of carbonyl (C=O) groups excluding carboxylic acids is 2. The Kier molecular flexibility index (Phi) is 17.3. The summed E-state index contributed by atoms with van der Waals surface area (Å²) < 4.78 is 37.9. The lowest BCUT2D eigenvalue weighted by molar-refractivity contribution is -0.120. The monoisotopic (exact) mass is 602 g/mol. The normalized spacial score (nSPS) is 12.1. The minimum atomic E-state index is -0.629. The van der Waals surface area contributed by atoms with Crippen molar-refractivity contribution in [3.05, 3.63) is 59.7 Å². The molecule has 0 heterocycles. The van der Waals surface area contributed by atoms with Gasteiger partial charge in [0.1, 0.15) is 6.61 Å². The minimum absolute atomic E-state index is 0.0303. The van der Waals surface area contributed by atoms with E-state index in [0.29, 0.717) is 79.2 Å². The molecule has 2 aromatic rings. The maximum absolute atomic E-state index is 12.2. The van der Waals surface area contributed by atoms with Crippen LogP contribution in [0.15, 0.2) is 48.5 Å². The molecule has 1 aliphatic carbocycles. The van der Waals surface area contributed by atoms with E-state index in [-0.39, 0.29) is 25.0 Å². The summed E-state index contributed by atoms with van der Waals surface area (Å²) in [6.45, 7) is 8.56. The van der Waals surface area contributed by atoms with E-state index in [2.05, 4.69) is 41.8 Å². The van der Waals surface area contributed by atoms with E-state index in [4.69, 9.17) is 33.2 Å². The van der Waals surface area contributed by atoms with Gasteiger partial charge in [0.15, 0.2) is 0 Å². The molecule has 0 aliphatic heterocycles. The van der Waals surface area contributed by atoms with E-state index in [1.54, 1.807) is 0 Å². The van der Waals surface area contributed by atoms with Gasteiger partial charge in [-0.3, -0.25) is 4.79 Å². The molecule has 238 valence electrons. The van der Waals surface area contributed by atoms with Crippen LogP contribution >= 0.6 is 0 Å². The summed E-state index contributed by atoms with van der Waals surface area (Å²) in [5, 5.41) is 5.20. The van der Waals surface area contributed by atoms with Crippen molar-refractivity contribution in [1.29, 1.82) is 0 Å². The quantitative estimate of drug-likeness (QED) is 0.175. The summed E-state index contributed by atoms with van der Waals surface area (Å²) in [6, 6.07) is 16.3. The van der Waals surface area contributed by atoms with Crippen LogP contribution in [-0.4, -0.2) is 111 Å². The summed E-state index contributed by atoms with van der Waals surface area (Å²) in [5.41, 5.74) is 4.59. The third-order valence-corrected chi connectivity index (χ3v) is 6.51. The molecule has 0 spiro atoms. The molecule has 0 atom stereocenters. The van der Waals surface area contributed by atoms with Crippen LogP contribution in [0.4, 0.5) is 4.79 Å². The summed E-state index contributed by atoms with van der Waals surface area (Å²) >= 11 is 0. The summed E-state index contributed by atoms with van der Waals surface area (Å²) in [7, 11) is 0. The lowest BCUT2D eigenvalue weighted by Crippen LogP contribution is -2.38. The first-order valence-corrected chi connectivity index (χ1v) is 15.0. The summed E-state index contributed by atoms with van der Waals surface area (Å²) in [6.07, 6.45) is 0.384. The van der Waals surface area contributed by atoms with Crippen LogP contribution in [0.25, 0.3) is 11.1 Å². The number of rotatable bonds is 24. The Labute approximate surface area is 254 Å². The second-order valence-electron chi connectivity index (χ2n) is 9.70. The predicted molar refractivity (Wildman–Crippen MR) is 161 cm³/mol. The molecule has 3 rings (SSSR count). The van der Waals surface area contributed by atoms with Crippen molar-refractivity contribution in [3.8, 4) is 11.1 Å². The van der Waals surface area contributed by atoms with E-state index < -0.39 is 6.09 Å². The van der Waals surface area contributed by atoms with Crippen LogP contribution in [-0.2, 0) is 38.0 Å². The molecular formula is C32H46N2O9. The van der Waals surface area contributed by atoms with E-state index >= 15 is 0 Å². The van der Waals surface area contributed by atoms with Crippen molar-refractivity contribution in [3.63, 3.8) is 0 Å². The van der Waals surface area contributed by atoms with Gasteiger partial charge in [-0.2, -0.15) is 0 Å². The van der Waals surface area contributed by atoms with Crippen molar-refractivity contribution in [2.45, 2.75) is 19.3 Å². The molecule has 0 bridgehead atoms. The number of alkyl carbamates (subject to hydrolysis) is 1. The Bertz CT molecular complexity index is 1020. The van der Waals surface area contributed by atoms with Crippen LogP contribution in [0.5, 0.6) is 0 Å². The first-order valence-electron chi connectivity index (χ1n) is 15.0. The van der Waals surface area contributed by atoms with Gasteiger partial charge < -0.3 is 43.8 Å². The Hall–Kier alpha value is -3.06. The molecule has 0 saturated carbocycles. The van der Waals surface area contributed by atoms with Crippen molar-refractivity contribution >= 4 is 12.0 Å². The zero-order valence-electron chi connectivity index (χ0n) is 25.2. The molecule has 0 fully saturated rings. The number of amides is 2. The Morgan fingerprint density at radius 3 is 1.53 bits per heavy atom. The van der Waals surface area contributed by atoms with Gasteiger partial charge in [-0.1, -0.05) is 55.5 Å². The average molecular weight is 603 g/mol. The van der Waals surface area contributed by atoms with E-state index in [1.807, 2.05) is 24.3 Å². The molecule has 11 heteroatoms. The Morgan fingerprint density at radius 2 is 1.05 bits per heavy atom. The third kappa shape index (κ3) is 13.4. The fraction of sp³-hybridized carbons (Fsp3) is 0.562. The van der Waals surface area contributed by atoms with Gasteiger partial charge in [0, 0.05) is 19.1 Å². The van der Waals surface area contributed by atoms with Gasteiger partial charge in [0.25, 0.3) is 0 Å². The van der Waals surface area contributed by atoms with E-state index in [1.165, 1.54) is 0 Å². The molecule has 0 unspecified atom stereocenters. The third-order valence-electron chi connectivity index (χ3n) is 6.51. The highest BCUT2D eigenvalue weighted by molar-refractivity contribution is 5.82. The molecule has 2 aromatic carbocycles. The molecule has 43 heavy (non-hydrogen) atoms. The molecular weight excluding hydrogens is 556 g/mol.